The van der Waals surface area contributed by atoms with Gasteiger partial charge >= 0.3 is 8.60 Å². The monoisotopic (exact) mass is 531 g/mol. The van der Waals surface area contributed by atoms with Crippen LogP contribution in [0.1, 0.15) is 97.8 Å². The van der Waals surface area contributed by atoms with Gasteiger partial charge in [-0.25, -0.2) is 0 Å². The lowest BCUT2D eigenvalue weighted by atomic mass is 9.44. The van der Waals surface area contributed by atoms with E-state index in [4.69, 9.17) is 13.6 Å². The lowest BCUT2D eigenvalue weighted by molar-refractivity contribution is -0.129. The van der Waals surface area contributed by atoms with Gasteiger partial charge in [0.25, 0.3) is 0 Å². The summed E-state index contributed by atoms with van der Waals surface area (Å²) in [6, 6.07) is 0. The van der Waals surface area contributed by atoms with Crippen LogP contribution >= 0.6 is 8.60 Å². The fraction of sp³-hybridized carbons (Fsp3) is 0.903. The van der Waals surface area contributed by atoms with Gasteiger partial charge in [0.05, 0.1) is 25.4 Å². The van der Waals surface area contributed by atoms with E-state index in [1.165, 1.54) is 50.5 Å². The number of aliphatic hydroxyl groups is 1. The molecule has 4 aliphatic carbocycles. The quantitative estimate of drug-likeness (QED) is 0.361. The summed E-state index contributed by atoms with van der Waals surface area (Å²) in [5.74, 6) is 4.93. The lowest BCUT2D eigenvalue weighted by Crippen LogP contribution is -2.54. The van der Waals surface area contributed by atoms with E-state index < -0.39 is 8.60 Å². The zero-order valence-electron chi connectivity index (χ0n) is 23.4. The van der Waals surface area contributed by atoms with Gasteiger partial charge in [-0.2, -0.15) is 0 Å². The Bertz CT molecular complexity index is 879. The van der Waals surface area contributed by atoms with Crippen molar-refractivity contribution < 1.29 is 18.7 Å². The number of nitrogens with zero attached hydrogens (tertiary/aromatic N) is 1. The molecule has 0 radical (unpaired) electrons. The molecule has 2 heterocycles. The second-order valence-electron chi connectivity index (χ2n) is 13.9. The molecule has 5 fully saturated rings. The number of allylic oxidation sites excluding steroid dienone is 1. The third-order valence-corrected chi connectivity index (χ3v) is 13.5. The van der Waals surface area contributed by atoms with Crippen LogP contribution < -0.4 is 0 Å². The first-order chi connectivity index (χ1) is 17.9. The molecule has 4 saturated carbocycles. The van der Waals surface area contributed by atoms with E-state index in [1.54, 1.807) is 0 Å². The molecular weight excluding hydrogens is 481 g/mol. The van der Waals surface area contributed by atoms with Gasteiger partial charge in [-0.15, -0.1) is 0 Å². The summed E-state index contributed by atoms with van der Waals surface area (Å²) < 4.78 is 18.3. The van der Waals surface area contributed by atoms with Crippen molar-refractivity contribution in [2.24, 2.45) is 51.3 Å². The van der Waals surface area contributed by atoms with E-state index in [9.17, 15) is 5.11 Å². The molecule has 6 aliphatic rings. The molecule has 37 heavy (non-hydrogen) atoms. The number of dihydropyridines is 1. The van der Waals surface area contributed by atoms with Gasteiger partial charge in [0, 0.05) is 19.2 Å². The highest BCUT2D eigenvalue weighted by molar-refractivity contribution is 7.41. The van der Waals surface area contributed by atoms with Crippen LogP contribution in [0.15, 0.2) is 16.6 Å². The molecule has 6 heteroatoms. The lowest BCUT2D eigenvalue weighted by Gasteiger charge is -2.61. The minimum atomic E-state index is -1.24. The first-order valence-corrected chi connectivity index (χ1v) is 16.6. The minimum absolute atomic E-state index is 0.0436. The van der Waals surface area contributed by atoms with Gasteiger partial charge in [-0.3, -0.25) is 4.99 Å². The summed E-state index contributed by atoms with van der Waals surface area (Å²) >= 11 is 0. The molecule has 5 nitrogen and oxygen atoms in total. The Hall–Kier alpha value is -0.320. The number of aliphatic hydroxyl groups excluding tert-OH is 1. The van der Waals surface area contributed by atoms with Crippen LogP contribution in [0.4, 0.5) is 0 Å². The fourth-order valence-corrected chi connectivity index (χ4v) is 11.4. The maximum atomic E-state index is 10.3. The molecule has 0 spiro atoms. The van der Waals surface area contributed by atoms with Crippen LogP contribution in [0.2, 0.25) is 0 Å². The Kier molecular flexibility index (Phi) is 7.93. The van der Waals surface area contributed by atoms with Gasteiger partial charge in [0.1, 0.15) is 0 Å². The Labute approximate surface area is 226 Å². The number of rotatable bonds is 6. The Balaban J connectivity index is 1.03. The van der Waals surface area contributed by atoms with Crippen LogP contribution in [-0.4, -0.2) is 43.3 Å². The highest BCUT2D eigenvalue weighted by Crippen LogP contribution is 2.68. The van der Waals surface area contributed by atoms with Crippen LogP contribution in [0.5, 0.6) is 0 Å². The second kappa shape index (κ2) is 10.9. The van der Waals surface area contributed by atoms with E-state index >= 15 is 0 Å². The molecule has 0 amide bonds. The molecule has 1 N–H and O–H groups in total. The maximum Gasteiger partial charge on any atom is 0.333 e. The predicted octanol–water partition coefficient (Wildman–Crippen LogP) is 7.48. The normalized spacial score (nSPS) is 48.5. The SMILES string of the molecule is C[C@H](CCO[P@@]1OCC[C@@H](C2=CC=NCC2)O1)C1CCC2C3CCC4C[C@H](O)CCC4(C)C3CCC21C. The first kappa shape index (κ1) is 26.9. The highest BCUT2D eigenvalue weighted by atomic mass is 31.2. The summed E-state index contributed by atoms with van der Waals surface area (Å²) in [5.41, 5.74) is 2.30. The van der Waals surface area contributed by atoms with E-state index in [2.05, 4.69) is 31.8 Å². The van der Waals surface area contributed by atoms with Crippen molar-refractivity contribution in [3.05, 3.63) is 11.6 Å². The van der Waals surface area contributed by atoms with Crippen molar-refractivity contribution in [2.45, 2.75) is 110 Å². The molecule has 0 aromatic carbocycles. The zero-order chi connectivity index (χ0) is 25.6. The standard InChI is InChI=1S/C31H50NO4P/c1-21(12-18-34-37-35-19-13-29(36-37)22-10-16-32-17-11-22)26-6-7-27-25-5-4-23-20-24(33)8-14-30(23,2)28(25)9-15-31(26,27)3/h10,16,21,23-29,33H,4-9,11-15,17-20H2,1-3H3/t21-,23?,24-,25?,26?,27?,28?,29+,30?,31?,37+/m1/s1. The van der Waals surface area contributed by atoms with E-state index in [0.717, 1.165) is 81.5 Å². The van der Waals surface area contributed by atoms with Crippen molar-refractivity contribution in [3.8, 4) is 0 Å². The number of aliphatic imine (C=N–C) groups is 1. The Morgan fingerprint density at radius 3 is 2.76 bits per heavy atom. The summed E-state index contributed by atoms with van der Waals surface area (Å²) in [7, 11) is -1.24. The highest BCUT2D eigenvalue weighted by Gasteiger charge is 2.60. The van der Waals surface area contributed by atoms with Crippen LogP contribution in [0.3, 0.4) is 0 Å². The predicted molar refractivity (Wildman–Crippen MR) is 149 cm³/mol. The summed E-state index contributed by atoms with van der Waals surface area (Å²) in [5, 5.41) is 10.3. The summed E-state index contributed by atoms with van der Waals surface area (Å²) in [6.07, 6.45) is 18.9. The van der Waals surface area contributed by atoms with Gasteiger partial charge in [0.15, 0.2) is 0 Å². The fourth-order valence-electron chi connectivity index (χ4n) is 10.2. The topological polar surface area (TPSA) is 60.3 Å². The number of fused-ring (bicyclic) bond motifs is 5. The molecular formula is C31H50NO4P. The van der Waals surface area contributed by atoms with Gasteiger partial charge in [-0.1, -0.05) is 20.8 Å². The van der Waals surface area contributed by atoms with Crippen LogP contribution in [0.25, 0.3) is 0 Å². The Morgan fingerprint density at radius 1 is 1.08 bits per heavy atom. The molecule has 11 atom stereocenters. The summed E-state index contributed by atoms with van der Waals surface area (Å²) in [4.78, 5) is 4.31. The van der Waals surface area contributed by atoms with Crippen LogP contribution in [0, 0.1) is 46.3 Å². The Morgan fingerprint density at radius 2 is 1.92 bits per heavy atom. The number of hydrogen-bond donors (Lipinski definition) is 1. The average Bonchev–Trinajstić information content (AvgIpc) is 3.27. The van der Waals surface area contributed by atoms with Crippen molar-refractivity contribution >= 4 is 14.8 Å². The molecule has 0 aromatic heterocycles. The third kappa shape index (κ3) is 5.03. The van der Waals surface area contributed by atoms with E-state index in [0.29, 0.717) is 16.7 Å². The van der Waals surface area contributed by atoms with Crippen LogP contribution in [-0.2, 0) is 13.6 Å². The molecule has 0 aromatic rings. The molecule has 7 unspecified atom stereocenters. The zero-order valence-corrected chi connectivity index (χ0v) is 24.3. The molecule has 0 bridgehead atoms. The van der Waals surface area contributed by atoms with Crippen molar-refractivity contribution in [2.75, 3.05) is 19.8 Å². The minimum Gasteiger partial charge on any atom is -0.393 e. The third-order valence-electron chi connectivity index (χ3n) is 12.3. The summed E-state index contributed by atoms with van der Waals surface area (Å²) in [6.45, 7) is 10.1. The largest absolute Gasteiger partial charge is 0.393 e. The molecule has 2 aliphatic heterocycles. The average molecular weight is 532 g/mol. The maximum absolute atomic E-state index is 10.3. The van der Waals surface area contributed by atoms with Gasteiger partial charge in [-0.05, 0) is 129 Å². The van der Waals surface area contributed by atoms with Crippen molar-refractivity contribution in [1.29, 1.82) is 0 Å². The van der Waals surface area contributed by atoms with E-state index in [-0.39, 0.29) is 12.2 Å². The smallest absolute Gasteiger partial charge is 0.333 e. The first-order valence-electron chi connectivity index (χ1n) is 15.5. The van der Waals surface area contributed by atoms with Crippen molar-refractivity contribution in [3.63, 3.8) is 0 Å². The van der Waals surface area contributed by atoms with Crippen molar-refractivity contribution in [1.82, 2.24) is 0 Å². The van der Waals surface area contributed by atoms with E-state index in [1.807, 2.05) is 6.21 Å². The van der Waals surface area contributed by atoms with Gasteiger partial charge < -0.3 is 18.7 Å². The molecule has 1 saturated heterocycles. The molecule has 6 rings (SSSR count). The number of hydrogen-bond acceptors (Lipinski definition) is 5. The van der Waals surface area contributed by atoms with Gasteiger partial charge in [0.2, 0.25) is 0 Å². The molecule has 208 valence electrons. The second-order valence-corrected chi connectivity index (χ2v) is 15.1.